The van der Waals surface area contributed by atoms with Crippen LogP contribution in [-0.2, 0) is 4.79 Å². The molecule has 1 saturated heterocycles. The quantitative estimate of drug-likeness (QED) is 0.291. The maximum Gasteiger partial charge on any atom is 0.335 e. The number of fused-ring (bicyclic) bond motifs is 7. The van der Waals surface area contributed by atoms with Crippen molar-refractivity contribution in [1.29, 1.82) is 0 Å². The minimum atomic E-state index is -0.862. The van der Waals surface area contributed by atoms with Crippen LogP contribution in [0.4, 0.5) is 0 Å². The summed E-state index contributed by atoms with van der Waals surface area (Å²) in [5, 5.41) is 12.9. The number of carbonyl (C=O) groups is 2. The van der Waals surface area contributed by atoms with Crippen molar-refractivity contribution in [2.24, 2.45) is 51.2 Å². The molecule has 46 heavy (non-hydrogen) atoms. The van der Waals surface area contributed by atoms with Gasteiger partial charge in [-0.2, -0.15) is 11.8 Å². The van der Waals surface area contributed by atoms with Crippen LogP contribution < -0.4 is 5.32 Å². The maximum atomic E-state index is 14.0. The highest BCUT2D eigenvalue weighted by molar-refractivity contribution is 7.99. The molecular formula is C40H58N2O3S. The third-order valence-electron chi connectivity index (χ3n) is 15.0. The average molecular weight is 647 g/mol. The Labute approximate surface area is 282 Å². The van der Waals surface area contributed by atoms with Gasteiger partial charge in [0.1, 0.15) is 0 Å². The Bertz CT molecular complexity index is 1350. The molecule has 1 aliphatic heterocycles. The molecule has 1 heterocycles. The highest BCUT2D eigenvalue weighted by Crippen LogP contribution is 2.73. The van der Waals surface area contributed by atoms with Gasteiger partial charge in [0.15, 0.2) is 0 Å². The molecule has 0 aromatic heterocycles. The molecule has 1 aromatic rings. The van der Waals surface area contributed by atoms with Gasteiger partial charge in [-0.1, -0.05) is 52.3 Å². The SMILES string of the molecule is CC1(C)C(c2ccc(C(=O)O)cc2)=CCC2(C)C1CCC1(C)C3CCC4(C(=O)NCCCN5CCSCC5)CCCC4C3CCC12. The van der Waals surface area contributed by atoms with Crippen LogP contribution in [0.2, 0.25) is 0 Å². The topological polar surface area (TPSA) is 69.6 Å². The summed E-state index contributed by atoms with van der Waals surface area (Å²) in [6, 6.07) is 7.58. The van der Waals surface area contributed by atoms with Gasteiger partial charge in [-0.3, -0.25) is 4.79 Å². The summed E-state index contributed by atoms with van der Waals surface area (Å²) in [4.78, 5) is 28.1. The molecule has 8 unspecified atom stereocenters. The molecule has 8 atom stereocenters. The molecule has 0 radical (unpaired) electrons. The molecule has 1 aromatic carbocycles. The molecule has 1 amide bonds. The van der Waals surface area contributed by atoms with E-state index in [1.807, 2.05) is 12.1 Å². The van der Waals surface area contributed by atoms with Gasteiger partial charge in [-0.05, 0) is 140 Å². The molecule has 6 heteroatoms. The zero-order valence-electron chi connectivity index (χ0n) is 28.9. The Morgan fingerprint density at radius 1 is 0.891 bits per heavy atom. The smallest absolute Gasteiger partial charge is 0.335 e. The van der Waals surface area contributed by atoms with E-state index in [0.717, 1.165) is 44.7 Å². The van der Waals surface area contributed by atoms with Crippen LogP contribution >= 0.6 is 11.8 Å². The largest absolute Gasteiger partial charge is 0.478 e. The van der Waals surface area contributed by atoms with Crippen LogP contribution in [0.5, 0.6) is 0 Å². The lowest BCUT2D eigenvalue weighted by Gasteiger charge is -2.68. The van der Waals surface area contributed by atoms with E-state index in [0.29, 0.717) is 40.6 Å². The van der Waals surface area contributed by atoms with Gasteiger partial charge >= 0.3 is 5.97 Å². The number of amides is 1. The van der Waals surface area contributed by atoms with Crippen LogP contribution in [0.1, 0.15) is 114 Å². The van der Waals surface area contributed by atoms with Crippen molar-refractivity contribution in [3.8, 4) is 0 Å². The second-order valence-corrected chi connectivity index (χ2v) is 18.4. The van der Waals surface area contributed by atoms with Crippen molar-refractivity contribution in [2.75, 3.05) is 37.7 Å². The van der Waals surface area contributed by atoms with E-state index in [4.69, 9.17) is 0 Å². The summed E-state index contributed by atoms with van der Waals surface area (Å²) < 4.78 is 0. The Morgan fingerprint density at radius 3 is 2.39 bits per heavy atom. The molecule has 6 aliphatic rings. The average Bonchev–Trinajstić information content (AvgIpc) is 3.49. The second-order valence-electron chi connectivity index (χ2n) is 17.2. The summed E-state index contributed by atoms with van der Waals surface area (Å²) in [7, 11) is 0. The molecule has 7 rings (SSSR count). The van der Waals surface area contributed by atoms with Crippen molar-refractivity contribution in [3.05, 3.63) is 41.5 Å². The fourth-order valence-electron chi connectivity index (χ4n) is 13.0. The minimum absolute atomic E-state index is 0.0359. The molecule has 5 nitrogen and oxygen atoms in total. The maximum absolute atomic E-state index is 14.0. The lowest BCUT2D eigenvalue weighted by molar-refractivity contribution is -0.181. The number of hydrogen-bond donors (Lipinski definition) is 2. The van der Waals surface area contributed by atoms with E-state index in [1.54, 1.807) is 12.1 Å². The van der Waals surface area contributed by atoms with E-state index in [9.17, 15) is 14.7 Å². The van der Waals surface area contributed by atoms with Gasteiger partial charge in [0.25, 0.3) is 0 Å². The molecular weight excluding hydrogens is 589 g/mol. The van der Waals surface area contributed by atoms with E-state index >= 15 is 0 Å². The summed E-state index contributed by atoms with van der Waals surface area (Å²) in [5.41, 5.74) is 3.47. The number of aromatic carboxylic acids is 1. The van der Waals surface area contributed by atoms with Crippen LogP contribution in [0.3, 0.4) is 0 Å². The minimum Gasteiger partial charge on any atom is -0.478 e. The lowest BCUT2D eigenvalue weighted by atomic mass is 9.36. The number of rotatable bonds is 7. The fraction of sp³-hybridized carbons (Fsp3) is 0.750. The van der Waals surface area contributed by atoms with Crippen LogP contribution in [-0.4, -0.2) is 59.6 Å². The molecule has 5 aliphatic carbocycles. The van der Waals surface area contributed by atoms with E-state index in [2.05, 4.69) is 55.7 Å². The number of hydrogen-bond acceptors (Lipinski definition) is 4. The first-order chi connectivity index (χ1) is 22.0. The number of allylic oxidation sites excluding steroid dienone is 2. The first-order valence-corrected chi connectivity index (χ1v) is 19.8. The highest BCUT2D eigenvalue weighted by Gasteiger charge is 2.66. The Morgan fingerprint density at radius 2 is 1.65 bits per heavy atom. The number of nitrogens with zero attached hydrogens (tertiary/aromatic N) is 1. The number of carboxylic acids is 1. The van der Waals surface area contributed by atoms with Gasteiger partial charge in [-0.25, -0.2) is 4.79 Å². The van der Waals surface area contributed by atoms with Crippen molar-refractivity contribution < 1.29 is 14.7 Å². The third-order valence-corrected chi connectivity index (χ3v) is 16.0. The predicted octanol–water partition coefficient (Wildman–Crippen LogP) is 8.40. The van der Waals surface area contributed by atoms with E-state index in [-0.39, 0.29) is 16.2 Å². The van der Waals surface area contributed by atoms with Gasteiger partial charge in [0.05, 0.1) is 11.0 Å². The second kappa shape index (κ2) is 12.3. The zero-order valence-corrected chi connectivity index (χ0v) is 29.7. The number of carboxylic acid groups (broad SMARTS) is 1. The number of nitrogens with one attached hydrogen (secondary N) is 1. The Hall–Kier alpha value is -1.79. The number of benzene rings is 1. The Balaban J connectivity index is 1.06. The molecule has 5 fully saturated rings. The van der Waals surface area contributed by atoms with E-state index in [1.165, 1.54) is 80.7 Å². The first-order valence-electron chi connectivity index (χ1n) is 18.6. The molecule has 0 spiro atoms. The first kappa shape index (κ1) is 32.7. The predicted molar refractivity (Wildman–Crippen MR) is 189 cm³/mol. The van der Waals surface area contributed by atoms with Crippen molar-refractivity contribution >= 4 is 29.2 Å². The summed E-state index contributed by atoms with van der Waals surface area (Å²) in [5.74, 6) is 5.36. The summed E-state index contributed by atoms with van der Waals surface area (Å²) in [6.45, 7) is 14.6. The molecule has 4 saturated carbocycles. The van der Waals surface area contributed by atoms with E-state index < -0.39 is 5.97 Å². The monoisotopic (exact) mass is 646 g/mol. The van der Waals surface area contributed by atoms with Crippen molar-refractivity contribution in [2.45, 2.75) is 98.3 Å². The van der Waals surface area contributed by atoms with Crippen LogP contribution in [0, 0.1) is 51.2 Å². The standard InChI is InChI=1S/C40H58N2O3S/c1-37(2)30(27-8-10-28(11-9-27)35(43)44)14-18-39(4)33(37)16-19-38(3)31-15-20-40(17-5-7-32(40)29(31)12-13-34(38)39)36(45)41-21-6-22-42-23-25-46-26-24-42/h8-11,14,29,31-34H,5-7,12-13,15-26H2,1-4H3,(H,41,45)(H,43,44). The highest BCUT2D eigenvalue weighted by atomic mass is 32.2. The summed E-state index contributed by atoms with van der Waals surface area (Å²) in [6.07, 6.45) is 15.8. The molecule has 0 bridgehead atoms. The summed E-state index contributed by atoms with van der Waals surface area (Å²) >= 11 is 2.06. The third kappa shape index (κ3) is 5.22. The normalized spacial score (nSPS) is 40.1. The van der Waals surface area contributed by atoms with Gasteiger partial charge in [0, 0.05) is 31.1 Å². The zero-order chi connectivity index (χ0) is 32.3. The van der Waals surface area contributed by atoms with Gasteiger partial charge in [0.2, 0.25) is 5.91 Å². The molecule has 2 N–H and O–H groups in total. The Kier molecular flexibility index (Phi) is 8.73. The van der Waals surface area contributed by atoms with Gasteiger partial charge in [-0.15, -0.1) is 0 Å². The van der Waals surface area contributed by atoms with Gasteiger partial charge < -0.3 is 15.3 Å². The number of carbonyl (C=O) groups excluding carboxylic acids is 1. The van der Waals surface area contributed by atoms with Crippen molar-refractivity contribution in [3.63, 3.8) is 0 Å². The number of thioether (sulfide) groups is 1. The van der Waals surface area contributed by atoms with Crippen LogP contribution in [0.15, 0.2) is 30.3 Å². The fourth-order valence-corrected chi connectivity index (χ4v) is 14.0. The lowest BCUT2D eigenvalue weighted by Crippen LogP contribution is -2.62. The molecule has 252 valence electrons. The van der Waals surface area contributed by atoms with Crippen molar-refractivity contribution in [1.82, 2.24) is 10.2 Å². The van der Waals surface area contributed by atoms with Crippen LogP contribution in [0.25, 0.3) is 5.57 Å².